The summed E-state index contributed by atoms with van der Waals surface area (Å²) in [4.78, 5) is 52.7. The van der Waals surface area contributed by atoms with Crippen molar-refractivity contribution in [2.45, 2.75) is 222 Å². The lowest BCUT2D eigenvalue weighted by molar-refractivity contribution is -0.301. The Hall–Kier alpha value is -4.11. The molecule has 4 N–H and O–H groups in total. The molecule has 0 amide bonds. The predicted octanol–water partition coefficient (Wildman–Crippen LogP) is 11.7. The van der Waals surface area contributed by atoms with E-state index in [2.05, 4.69) is 84.9 Å². The molecule has 0 radical (unpaired) electrons. The summed E-state index contributed by atoms with van der Waals surface area (Å²) in [7, 11) is 0. The first-order valence-electron chi connectivity index (χ1n) is 37.6. The van der Waals surface area contributed by atoms with E-state index in [0.29, 0.717) is 60.7 Å². The minimum absolute atomic E-state index is 0.0650. The molecule has 7 aliphatic heterocycles. The molecule has 20 rings (SSSR count). The number of nitrogens with one attached hydrogen (secondary N) is 1. The summed E-state index contributed by atoms with van der Waals surface area (Å²) in [6.07, 6.45) is 34.0. The summed E-state index contributed by atoms with van der Waals surface area (Å²) in [5, 5.41) is 41.8. The maximum atomic E-state index is 18.0. The van der Waals surface area contributed by atoms with E-state index in [1.54, 1.807) is 6.26 Å². The number of ether oxygens (including phenoxy) is 4. The lowest BCUT2D eigenvalue weighted by Gasteiger charge is -2.73. The first-order valence-corrected chi connectivity index (χ1v) is 37.6. The van der Waals surface area contributed by atoms with Crippen LogP contribution in [0, 0.1) is 121 Å². The standard InChI is InChI=1S/C79H100N2O11/c1-44-54-17-7-6-15-47(54)20-27-73(44)25-11-26-76-61(73)34-52-33-53-38-72(23-8-9-24-72)41-74(53)37-50-36-71(2)67(56-22-29-88-60(56)35-57(59(83)40-82)48-18-19-55-49(32-48)21-28-81-43-80-39-58(55)81)90-70(87)68-79(71,91-68)77(51-16-10-14-46(31-51)30-45-12-4-3-5-13-45)63(50)75(64(76)62(84)66(77)85)42-89-69(86)65(74)78(52,75)92-76/h3-5,12-13,20-22,27-29,34,44,46-51,53-55,57-59,61,63-68,80,82-83,85H,6-11,14-19,23-26,30-33,35-43H2,1-2H3. The molecule has 28 atom stereocenters. The Labute approximate surface area is 543 Å². The van der Waals surface area contributed by atoms with E-state index < -0.39 is 86.6 Å². The normalized spacial score (nSPS) is 52.7. The van der Waals surface area contributed by atoms with Gasteiger partial charge in [0, 0.05) is 46.7 Å². The zero-order valence-electron chi connectivity index (χ0n) is 54.5. The molecule has 13 nitrogen and oxygen atoms in total. The number of carbonyl (C=O) groups excluding carboxylic acids is 3. The van der Waals surface area contributed by atoms with Crippen LogP contribution in [0.15, 0.2) is 83.2 Å². The number of hydrogen-bond acceptors (Lipinski definition) is 13. The number of Topliss-reactive ketones (excluding diaryl/α,β-unsaturated/α-hetero) is 1. The lowest BCUT2D eigenvalue weighted by atomic mass is 9.29. The average Bonchev–Trinajstić information content (AvgIpc) is 1.41. The minimum atomic E-state index is -1.50. The third-order valence-corrected chi connectivity index (χ3v) is 32.9. The van der Waals surface area contributed by atoms with Crippen LogP contribution in [0.4, 0.5) is 0 Å². The molecule has 8 heterocycles. The van der Waals surface area contributed by atoms with Crippen molar-refractivity contribution in [1.29, 1.82) is 0 Å². The van der Waals surface area contributed by atoms with Crippen molar-refractivity contribution >= 4 is 17.7 Å². The largest absolute Gasteiger partial charge is 0.469 e. The summed E-state index contributed by atoms with van der Waals surface area (Å²) >= 11 is 0. The number of allylic oxidation sites excluding steroid dienone is 3. The number of rotatable bonds is 9. The summed E-state index contributed by atoms with van der Waals surface area (Å²) in [6, 6.07) is 13.3. The van der Waals surface area contributed by atoms with Gasteiger partial charge in [-0.05, 0) is 221 Å². The number of benzene rings is 1. The number of esters is 2. The predicted molar refractivity (Wildman–Crippen MR) is 340 cm³/mol. The molecule has 5 bridgehead atoms. The number of hydrogen-bond donors (Lipinski definition) is 4. The van der Waals surface area contributed by atoms with Gasteiger partial charge in [-0.3, -0.25) is 14.9 Å². The van der Waals surface area contributed by atoms with Gasteiger partial charge in [-0.25, -0.2) is 4.79 Å². The van der Waals surface area contributed by atoms with Crippen molar-refractivity contribution in [2.75, 3.05) is 26.4 Å². The van der Waals surface area contributed by atoms with E-state index >= 15 is 19.5 Å². The number of aliphatic hydroxyl groups is 3. The van der Waals surface area contributed by atoms with Gasteiger partial charge >= 0.3 is 11.9 Å². The fourth-order valence-electron chi connectivity index (χ4n) is 30.4. The van der Waals surface area contributed by atoms with Crippen LogP contribution in [-0.2, 0) is 46.2 Å². The fraction of sp³-hybridized carbons (Fsp3) is 0.759. The Balaban J connectivity index is 0.791. The number of carbonyl (C=O) groups is 3. The van der Waals surface area contributed by atoms with E-state index in [4.69, 9.17) is 23.4 Å². The molecular weight excluding hydrogens is 1150 g/mol. The second-order valence-electron chi connectivity index (χ2n) is 35.5. The van der Waals surface area contributed by atoms with Crippen molar-refractivity contribution in [3.63, 3.8) is 0 Å². The maximum absolute atomic E-state index is 18.0. The van der Waals surface area contributed by atoms with E-state index in [9.17, 15) is 10.2 Å². The first-order chi connectivity index (χ1) is 44.7. The first kappa shape index (κ1) is 58.1. The topological polar surface area (TPSA) is 181 Å². The van der Waals surface area contributed by atoms with Crippen molar-refractivity contribution in [3.05, 3.63) is 95.6 Å². The van der Waals surface area contributed by atoms with E-state index in [0.717, 1.165) is 122 Å². The molecule has 1 aromatic carbocycles. The van der Waals surface area contributed by atoms with E-state index in [1.807, 2.05) is 6.07 Å². The summed E-state index contributed by atoms with van der Waals surface area (Å²) in [5.74, 6) is 0.242. The number of ketones is 1. The molecule has 492 valence electrons. The van der Waals surface area contributed by atoms with Crippen LogP contribution in [0.3, 0.4) is 0 Å². The Kier molecular flexibility index (Phi) is 12.4. The molecule has 5 saturated heterocycles. The molecule has 18 aliphatic rings. The number of epoxide rings is 1. The number of aliphatic hydroxyl groups excluding tert-OH is 3. The maximum Gasteiger partial charge on any atom is 0.339 e. The van der Waals surface area contributed by atoms with Crippen molar-refractivity contribution in [1.82, 2.24) is 10.2 Å². The summed E-state index contributed by atoms with van der Waals surface area (Å²) in [6.45, 7) is 6.41. The zero-order valence-corrected chi connectivity index (χ0v) is 54.5. The van der Waals surface area contributed by atoms with Gasteiger partial charge < -0.3 is 43.6 Å². The highest BCUT2D eigenvalue weighted by molar-refractivity contribution is 5.94. The van der Waals surface area contributed by atoms with Gasteiger partial charge in [0.1, 0.15) is 35.8 Å². The molecule has 13 heteroatoms. The molecule has 2 aromatic rings. The monoisotopic (exact) mass is 1250 g/mol. The van der Waals surface area contributed by atoms with E-state index in [1.165, 1.54) is 49.7 Å². The highest BCUT2D eigenvalue weighted by atomic mass is 16.7. The molecule has 1 aromatic heterocycles. The SMILES string of the molecule is CC1C2CCCCC2C=CC12CCCC13OC45C(=CC21)CC1CC2(CCCC2)CC12CC1CC6(C)C(c7ccoc7CC(C(O)CO)C7CCC8C(C=CN9CNCC89)C7)OC(=O)C7OC76C6(C7CCCC(Cc8ccccc8)C7)C(O)C(=O)C3C4(COC(=O)C25)C16. The molecule has 28 unspecified atom stereocenters. The Morgan fingerprint density at radius 1 is 0.826 bits per heavy atom. The summed E-state index contributed by atoms with van der Waals surface area (Å²) < 4.78 is 37.8. The third kappa shape index (κ3) is 6.84. The number of furan rings is 1. The second-order valence-corrected chi connectivity index (χ2v) is 35.5. The van der Waals surface area contributed by atoms with Crippen LogP contribution in [0.1, 0.15) is 185 Å². The highest BCUT2D eigenvalue weighted by Crippen LogP contribution is 2.92. The highest BCUT2D eigenvalue weighted by Gasteiger charge is 2.99. The number of nitrogens with zero attached hydrogens (tertiary/aromatic N) is 1. The number of cyclic esters (lactones) is 2. The fourth-order valence-corrected chi connectivity index (χ4v) is 30.4. The Morgan fingerprint density at radius 2 is 1.68 bits per heavy atom. The second kappa shape index (κ2) is 19.6. The molecule has 10 saturated carbocycles. The van der Waals surface area contributed by atoms with E-state index in [-0.39, 0.29) is 77.2 Å². The van der Waals surface area contributed by atoms with Crippen molar-refractivity contribution in [3.8, 4) is 0 Å². The smallest absolute Gasteiger partial charge is 0.339 e. The van der Waals surface area contributed by atoms with Crippen molar-refractivity contribution in [2.24, 2.45) is 121 Å². The van der Waals surface area contributed by atoms with Crippen LogP contribution >= 0.6 is 0 Å². The molecule has 7 spiro atoms. The molecule has 15 fully saturated rings. The van der Waals surface area contributed by atoms with Gasteiger partial charge in [-0.2, -0.15) is 0 Å². The van der Waals surface area contributed by atoms with Crippen LogP contribution in [0.25, 0.3) is 0 Å². The van der Waals surface area contributed by atoms with Gasteiger partial charge in [0.25, 0.3) is 0 Å². The van der Waals surface area contributed by atoms with Gasteiger partial charge in [0.2, 0.25) is 0 Å². The number of fused-ring (bicyclic) bond motifs is 5. The molecule has 92 heavy (non-hydrogen) atoms. The van der Waals surface area contributed by atoms with Crippen LogP contribution in [0.5, 0.6) is 0 Å². The van der Waals surface area contributed by atoms with Crippen LogP contribution < -0.4 is 5.32 Å². The van der Waals surface area contributed by atoms with Crippen LogP contribution in [0.2, 0.25) is 0 Å². The summed E-state index contributed by atoms with van der Waals surface area (Å²) in [5.41, 5.74) is -4.23. The zero-order chi connectivity index (χ0) is 61.9. The quantitative estimate of drug-likeness (QED) is 0.106. The Bertz CT molecular complexity index is 3500. The third-order valence-electron chi connectivity index (χ3n) is 32.9. The van der Waals surface area contributed by atoms with Gasteiger partial charge in [0.05, 0.1) is 48.5 Å². The van der Waals surface area contributed by atoms with Crippen molar-refractivity contribution < 1.29 is 53.1 Å². The van der Waals surface area contributed by atoms with Gasteiger partial charge in [-0.15, -0.1) is 0 Å². The average molecular weight is 1250 g/mol. The van der Waals surface area contributed by atoms with Gasteiger partial charge in [0.15, 0.2) is 11.9 Å². The Morgan fingerprint density at radius 3 is 2.54 bits per heavy atom. The minimum Gasteiger partial charge on any atom is -0.469 e. The molecular formula is C79H100N2O11. The lowest BCUT2D eigenvalue weighted by Crippen LogP contribution is -2.82. The molecule has 11 aliphatic carbocycles. The van der Waals surface area contributed by atoms with Crippen LogP contribution in [-0.4, -0.2) is 106 Å². The van der Waals surface area contributed by atoms with Gasteiger partial charge in [-0.1, -0.05) is 107 Å².